The van der Waals surface area contributed by atoms with E-state index >= 15 is 0 Å². The van der Waals surface area contributed by atoms with Crippen LogP contribution in [0.2, 0.25) is 0 Å². The number of fused-ring (bicyclic) bond motifs is 26. The van der Waals surface area contributed by atoms with Crippen molar-refractivity contribution in [3.8, 4) is 44.5 Å². The van der Waals surface area contributed by atoms with Crippen molar-refractivity contribution >= 4 is 164 Å². The topological polar surface area (TPSA) is 32.8 Å². The average Bonchev–Trinajstić information content (AvgIpc) is 1.42. The number of para-hydroxylation sites is 4. The van der Waals surface area contributed by atoms with Crippen LogP contribution in [0.1, 0.15) is 49.9 Å². The lowest BCUT2D eigenvalue weighted by molar-refractivity contribution is 0.661. The first kappa shape index (κ1) is 60.8. The molecule has 0 spiro atoms. The summed E-state index contributed by atoms with van der Waals surface area (Å²) in [4.78, 5) is 5.11. The van der Waals surface area contributed by atoms with Crippen LogP contribution in [0.4, 0.5) is 34.1 Å². The van der Waals surface area contributed by atoms with Gasteiger partial charge in [-0.15, -0.1) is 0 Å². The number of anilines is 6. The van der Waals surface area contributed by atoms with Gasteiger partial charge in [-0.3, -0.25) is 0 Å². The molecule has 0 saturated heterocycles. The first-order valence-corrected chi connectivity index (χ1v) is 37.7. The fourth-order valence-corrected chi connectivity index (χ4v) is 19.4. The lowest BCUT2D eigenvalue weighted by Gasteiger charge is -2.34. The predicted molar refractivity (Wildman–Crippen MR) is 456 cm³/mol. The summed E-state index contributed by atoms with van der Waals surface area (Å²) in [6, 6.07) is 127. The van der Waals surface area contributed by atoms with Crippen molar-refractivity contribution in [2.45, 2.75) is 38.5 Å². The van der Waals surface area contributed by atoms with Crippen LogP contribution < -0.4 is 9.80 Å². The van der Waals surface area contributed by atoms with Crippen molar-refractivity contribution in [2.75, 3.05) is 9.80 Å². The summed E-state index contributed by atoms with van der Waals surface area (Å²) in [5, 5.41) is 24.3. The third-order valence-corrected chi connectivity index (χ3v) is 24.6. The van der Waals surface area contributed by atoms with Crippen molar-refractivity contribution in [2.24, 2.45) is 0 Å². The van der Waals surface area contributed by atoms with Crippen molar-refractivity contribution in [3.05, 3.63) is 362 Å². The standard InChI is InChI=1S/C104H68N2O2/c1-103(2)93-55-65(51-53-77(93)91-57-87-73-27-9-5-23-69(73)71-25-7-11-29-75(71)89(87)59-95(91)103)105(63-47-43-61(44-48-63)67-37-21-39-85-79-31-17-19-41-97(79)107-101(67)85)99-81-33-13-15-35-83(81)100(84-36-16-14-34-82(84)99)106(64-49-45-62(46-50-64)68-38-22-40-86-80-32-18-20-42-98(80)108-102(68)86)66-52-54-78-92-58-88-74-28-10-6-24-70(74)72-26-8-12-30-76(72)90(88)60-96(92)104(3,4)94(78)56-66/h5-60H,1-4H3. The van der Waals surface area contributed by atoms with Crippen molar-refractivity contribution in [1.29, 1.82) is 0 Å². The van der Waals surface area contributed by atoms with Gasteiger partial charge in [-0.1, -0.05) is 282 Å². The molecule has 0 unspecified atom stereocenters. The molecule has 19 aromatic carbocycles. The second kappa shape index (κ2) is 22.5. The molecule has 2 heterocycles. The molecule has 0 aliphatic heterocycles. The number of hydrogen-bond acceptors (Lipinski definition) is 4. The summed E-state index contributed by atoms with van der Waals surface area (Å²) in [5.74, 6) is 0. The van der Waals surface area contributed by atoms with E-state index in [4.69, 9.17) is 8.83 Å². The fourth-order valence-electron chi connectivity index (χ4n) is 19.4. The van der Waals surface area contributed by atoms with Gasteiger partial charge in [-0.25, -0.2) is 0 Å². The summed E-state index contributed by atoms with van der Waals surface area (Å²) in [7, 11) is 0. The molecule has 2 aliphatic carbocycles. The van der Waals surface area contributed by atoms with E-state index in [0.29, 0.717) is 0 Å². The van der Waals surface area contributed by atoms with Crippen LogP contribution in [-0.2, 0) is 10.8 Å². The monoisotopic (exact) mass is 1380 g/mol. The summed E-state index contributed by atoms with van der Waals surface area (Å²) in [6.45, 7) is 9.72. The summed E-state index contributed by atoms with van der Waals surface area (Å²) < 4.78 is 13.4. The number of benzene rings is 19. The van der Waals surface area contributed by atoms with Crippen LogP contribution in [0.15, 0.2) is 349 Å². The van der Waals surface area contributed by atoms with Gasteiger partial charge in [0.15, 0.2) is 0 Å². The van der Waals surface area contributed by atoms with Gasteiger partial charge in [0.25, 0.3) is 0 Å². The zero-order valence-electron chi connectivity index (χ0n) is 60.0. The molecule has 506 valence electrons. The Morgan fingerprint density at radius 2 is 0.463 bits per heavy atom. The number of rotatable bonds is 8. The van der Waals surface area contributed by atoms with E-state index in [1.54, 1.807) is 0 Å². The lowest BCUT2D eigenvalue weighted by atomic mass is 9.81. The lowest BCUT2D eigenvalue weighted by Crippen LogP contribution is -2.18. The molecule has 0 saturated carbocycles. The van der Waals surface area contributed by atoms with Gasteiger partial charge in [0, 0.05) is 87.8 Å². The molecule has 0 atom stereocenters. The Hall–Kier alpha value is -13.5. The molecule has 21 aromatic rings. The van der Waals surface area contributed by atoms with Crippen LogP contribution in [0.25, 0.3) is 175 Å². The zero-order chi connectivity index (χ0) is 71.4. The maximum Gasteiger partial charge on any atom is 0.143 e. The summed E-state index contributed by atoms with van der Waals surface area (Å²) in [5.41, 5.74) is 23.9. The van der Waals surface area contributed by atoms with Crippen molar-refractivity contribution in [1.82, 2.24) is 0 Å². The Labute approximate surface area is 623 Å². The van der Waals surface area contributed by atoms with E-state index in [-0.39, 0.29) is 10.8 Å². The molecular weight excluding hydrogens is 1310 g/mol. The Balaban J connectivity index is 0.748. The summed E-state index contributed by atoms with van der Waals surface area (Å²) >= 11 is 0. The van der Waals surface area contributed by atoms with E-state index in [2.05, 4.69) is 377 Å². The molecule has 0 fully saturated rings. The smallest absolute Gasteiger partial charge is 0.143 e. The summed E-state index contributed by atoms with van der Waals surface area (Å²) in [6.07, 6.45) is 0. The molecule has 2 aliphatic rings. The van der Waals surface area contributed by atoms with Crippen LogP contribution >= 0.6 is 0 Å². The quantitative estimate of drug-likeness (QED) is 0.0862. The minimum Gasteiger partial charge on any atom is -0.455 e. The minimum atomic E-state index is -0.354. The fraction of sp³-hybridized carbons (Fsp3) is 0.0577. The highest BCUT2D eigenvalue weighted by molar-refractivity contribution is 6.29. The van der Waals surface area contributed by atoms with Crippen LogP contribution in [0, 0.1) is 0 Å². The van der Waals surface area contributed by atoms with Crippen molar-refractivity contribution in [3.63, 3.8) is 0 Å². The Kier molecular flexibility index (Phi) is 12.7. The van der Waals surface area contributed by atoms with Crippen LogP contribution in [0.5, 0.6) is 0 Å². The number of nitrogens with zero attached hydrogens (tertiary/aromatic N) is 2. The first-order valence-electron chi connectivity index (χ1n) is 37.7. The van der Waals surface area contributed by atoms with Gasteiger partial charge in [0.05, 0.1) is 11.4 Å². The SMILES string of the molecule is CC1(C)c2cc(N(c3ccc(-c4cccc5c4oc4ccccc45)cc3)c3c4ccccc4c(N(c4ccc(-c5cccc6c5oc5ccccc56)cc4)c4ccc5c(c4)C(C)(C)c4cc6c7ccccc7c7ccccc7c6cc4-5)c4ccccc34)ccc2-c2cc3c4ccccc4c4ccccc4c3cc21. The maximum absolute atomic E-state index is 6.72. The normalized spacial score (nSPS) is 13.5. The molecule has 0 N–H and O–H groups in total. The highest BCUT2D eigenvalue weighted by Gasteiger charge is 2.40. The molecule has 0 bridgehead atoms. The van der Waals surface area contributed by atoms with Gasteiger partial charge in [0.1, 0.15) is 22.3 Å². The second-order valence-electron chi connectivity index (χ2n) is 30.9. The molecule has 23 rings (SSSR count). The molecule has 0 amide bonds. The Morgan fingerprint density at radius 1 is 0.194 bits per heavy atom. The maximum atomic E-state index is 6.72. The highest BCUT2D eigenvalue weighted by Crippen LogP contribution is 2.58. The Morgan fingerprint density at radius 3 is 0.806 bits per heavy atom. The van der Waals surface area contributed by atoms with Crippen molar-refractivity contribution < 1.29 is 8.83 Å². The van der Waals surface area contributed by atoms with Gasteiger partial charge in [-0.2, -0.15) is 0 Å². The third kappa shape index (κ3) is 8.57. The van der Waals surface area contributed by atoms with Crippen LogP contribution in [0.3, 0.4) is 0 Å². The third-order valence-electron chi connectivity index (χ3n) is 24.6. The van der Waals surface area contributed by atoms with Gasteiger partial charge in [0.2, 0.25) is 0 Å². The molecule has 0 radical (unpaired) electrons. The molecular formula is C104H68N2O2. The zero-order valence-corrected chi connectivity index (χ0v) is 60.0. The largest absolute Gasteiger partial charge is 0.455 e. The minimum absolute atomic E-state index is 0.354. The van der Waals surface area contributed by atoms with Gasteiger partial charge < -0.3 is 18.6 Å². The predicted octanol–water partition coefficient (Wildman–Crippen LogP) is 29.6. The second-order valence-corrected chi connectivity index (χ2v) is 30.9. The van der Waals surface area contributed by atoms with Gasteiger partial charge >= 0.3 is 0 Å². The average molecular weight is 1380 g/mol. The molecule has 4 heteroatoms. The molecule has 4 nitrogen and oxygen atoms in total. The first-order chi connectivity index (χ1) is 53.1. The van der Waals surface area contributed by atoms with E-state index < -0.39 is 0 Å². The van der Waals surface area contributed by atoms with E-state index in [0.717, 1.165) is 122 Å². The van der Waals surface area contributed by atoms with Crippen LogP contribution in [-0.4, -0.2) is 0 Å². The number of furan rings is 2. The highest BCUT2D eigenvalue weighted by atomic mass is 16.3. The van der Waals surface area contributed by atoms with E-state index in [1.165, 1.54) is 109 Å². The molecule has 2 aromatic heterocycles. The van der Waals surface area contributed by atoms with E-state index in [1.807, 2.05) is 0 Å². The van der Waals surface area contributed by atoms with E-state index in [9.17, 15) is 0 Å². The van der Waals surface area contributed by atoms with Gasteiger partial charge in [-0.05, 0) is 205 Å². The Bertz CT molecular complexity index is 6990. The molecule has 108 heavy (non-hydrogen) atoms. The number of hydrogen-bond donors (Lipinski definition) is 0.